The number of nitrogens with zero attached hydrogens (tertiary/aromatic N) is 3. The number of fused-ring (bicyclic) bond motifs is 1. The third-order valence-corrected chi connectivity index (χ3v) is 6.42. The summed E-state index contributed by atoms with van der Waals surface area (Å²) >= 11 is 0. The Hall–Kier alpha value is -2.04. The van der Waals surface area contributed by atoms with Crippen LogP contribution in [0.2, 0.25) is 0 Å². The lowest BCUT2D eigenvalue weighted by Gasteiger charge is -2.37. The summed E-state index contributed by atoms with van der Waals surface area (Å²) in [6, 6.07) is 18.0. The highest BCUT2D eigenvalue weighted by Gasteiger charge is 2.23. The third-order valence-electron chi connectivity index (χ3n) is 6.42. The summed E-state index contributed by atoms with van der Waals surface area (Å²) in [5, 5.41) is 0. The van der Waals surface area contributed by atoms with E-state index in [1.54, 1.807) is 7.11 Å². The Balaban J connectivity index is 1.27. The van der Waals surface area contributed by atoms with E-state index in [0.717, 1.165) is 57.9 Å². The Morgan fingerprint density at radius 1 is 0.893 bits per heavy atom. The molecule has 1 fully saturated rings. The molecule has 2 heterocycles. The molecular formula is C24H33N3O. The average Bonchev–Trinajstić information content (AvgIpc) is 2.90. The van der Waals surface area contributed by atoms with E-state index < -0.39 is 0 Å². The van der Waals surface area contributed by atoms with Crippen LogP contribution in [0.5, 0.6) is 5.75 Å². The Bertz CT molecular complexity index is 756. The van der Waals surface area contributed by atoms with E-state index in [1.807, 2.05) is 0 Å². The largest absolute Gasteiger partial charge is 0.497 e. The van der Waals surface area contributed by atoms with E-state index in [2.05, 4.69) is 70.2 Å². The number of para-hydroxylation sites is 1. The van der Waals surface area contributed by atoms with Gasteiger partial charge in [0.05, 0.1) is 7.11 Å². The molecule has 2 aromatic carbocycles. The lowest BCUT2D eigenvalue weighted by molar-refractivity contribution is 0.167. The normalized spacial score (nSPS) is 21.2. The maximum atomic E-state index is 5.43. The maximum Gasteiger partial charge on any atom is 0.119 e. The Kier molecular flexibility index (Phi) is 6.18. The molecule has 2 aromatic rings. The summed E-state index contributed by atoms with van der Waals surface area (Å²) in [6.07, 6.45) is 2.26. The molecule has 150 valence electrons. The van der Waals surface area contributed by atoms with Gasteiger partial charge in [0.25, 0.3) is 0 Å². The summed E-state index contributed by atoms with van der Waals surface area (Å²) in [6.45, 7) is 10.5. The van der Waals surface area contributed by atoms with Crippen molar-refractivity contribution >= 4 is 5.69 Å². The molecule has 0 amide bonds. The van der Waals surface area contributed by atoms with Crippen LogP contribution >= 0.6 is 0 Å². The molecule has 0 bridgehead atoms. The van der Waals surface area contributed by atoms with Gasteiger partial charge in [-0.2, -0.15) is 0 Å². The number of hydrogen-bond donors (Lipinski definition) is 0. The van der Waals surface area contributed by atoms with E-state index in [9.17, 15) is 0 Å². The van der Waals surface area contributed by atoms with E-state index in [4.69, 9.17) is 4.74 Å². The van der Waals surface area contributed by atoms with Crippen molar-refractivity contribution in [3.05, 3.63) is 59.7 Å². The summed E-state index contributed by atoms with van der Waals surface area (Å²) < 4.78 is 5.43. The zero-order valence-electron chi connectivity index (χ0n) is 17.3. The van der Waals surface area contributed by atoms with Crippen molar-refractivity contribution in [2.24, 2.45) is 0 Å². The van der Waals surface area contributed by atoms with Crippen molar-refractivity contribution in [3.8, 4) is 5.75 Å². The molecule has 0 spiro atoms. The van der Waals surface area contributed by atoms with Crippen molar-refractivity contribution in [2.45, 2.75) is 25.8 Å². The molecule has 0 radical (unpaired) electrons. The number of piperazine rings is 1. The van der Waals surface area contributed by atoms with Crippen molar-refractivity contribution in [2.75, 3.05) is 57.8 Å². The number of benzene rings is 2. The van der Waals surface area contributed by atoms with Gasteiger partial charge >= 0.3 is 0 Å². The van der Waals surface area contributed by atoms with E-state index in [-0.39, 0.29) is 0 Å². The molecule has 4 heteroatoms. The van der Waals surface area contributed by atoms with Crippen molar-refractivity contribution in [3.63, 3.8) is 0 Å². The quantitative estimate of drug-likeness (QED) is 0.793. The topological polar surface area (TPSA) is 19.0 Å². The minimum atomic E-state index is 0.582. The van der Waals surface area contributed by atoms with Gasteiger partial charge in [0.2, 0.25) is 0 Å². The molecule has 0 saturated carbocycles. The van der Waals surface area contributed by atoms with Gasteiger partial charge in [-0.05, 0) is 55.2 Å². The second kappa shape index (κ2) is 8.97. The van der Waals surface area contributed by atoms with Crippen LogP contribution < -0.4 is 9.64 Å². The second-order valence-electron chi connectivity index (χ2n) is 8.14. The van der Waals surface area contributed by atoms with Crippen molar-refractivity contribution in [1.29, 1.82) is 0 Å². The highest BCUT2D eigenvalue weighted by atomic mass is 16.5. The van der Waals surface area contributed by atoms with Crippen LogP contribution in [0.25, 0.3) is 0 Å². The molecule has 0 aromatic heterocycles. The first-order chi connectivity index (χ1) is 13.7. The van der Waals surface area contributed by atoms with Crippen LogP contribution in [-0.4, -0.2) is 68.8 Å². The lowest BCUT2D eigenvalue weighted by Crippen LogP contribution is -2.49. The molecule has 28 heavy (non-hydrogen) atoms. The van der Waals surface area contributed by atoms with Crippen molar-refractivity contribution < 1.29 is 4.74 Å². The van der Waals surface area contributed by atoms with Gasteiger partial charge in [-0.3, -0.25) is 9.80 Å². The van der Waals surface area contributed by atoms with Crippen LogP contribution in [0.3, 0.4) is 0 Å². The zero-order chi connectivity index (χ0) is 19.3. The monoisotopic (exact) mass is 379 g/mol. The van der Waals surface area contributed by atoms with Gasteiger partial charge in [-0.15, -0.1) is 0 Å². The first-order valence-electron chi connectivity index (χ1n) is 10.6. The van der Waals surface area contributed by atoms with E-state index >= 15 is 0 Å². The summed E-state index contributed by atoms with van der Waals surface area (Å²) in [5.41, 5.74) is 4.31. The minimum Gasteiger partial charge on any atom is -0.497 e. The summed E-state index contributed by atoms with van der Waals surface area (Å²) in [4.78, 5) is 7.82. The number of rotatable bonds is 5. The molecule has 0 aliphatic carbocycles. The summed E-state index contributed by atoms with van der Waals surface area (Å²) in [5.74, 6) is 0.982. The molecule has 1 atom stereocenters. The molecule has 4 rings (SSSR count). The highest BCUT2D eigenvalue weighted by Crippen LogP contribution is 2.24. The van der Waals surface area contributed by atoms with Gasteiger partial charge < -0.3 is 9.64 Å². The maximum absolute atomic E-state index is 5.43. The van der Waals surface area contributed by atoms with E-state index in [1.165, 1.54) is 23.4 Å². The third kappa shape index (κ3) is 4.50. The van der Waals surface area contributed by atoms with Gasteiger partial charge in [0.1, 0.15) is 5.75 Å². The van der Waals surface area contributed by atoms with Crippen LogP contribution in [-0.2, 0) is 12.8 Å². The number of hydrogen-bond acceptors (Lipinski definition) is 4. The molecule has 0 N–H and O–H groups in total. The van der Waals surface area contributed by atoms with Gasteiger partial charge in [0, 0.05) is 57.5 Å². The molecule has 4 nitrogen and oxygen atoms in total. The van der Waals surface area contributed by atoms with Crippen LogP contribution in [0.4, 0.5) is 5.69 Å². The Morgan fingerprint density at radius 3 is 2.43 bits per heavy atom. The van der Waals surface area contributed by atoms with Gasteiger partial charge in [0.15, 0.2) is 0 Å². The smallest absolute Gasteiger partial charge is 0.119 e. The fraction of sp³-hybridized carbons (Fsp3) is 0.500. The number of anilines is 1. The first kappa shape index (κ1) is 19.3. The van der Waals surface area contributed by atoms with Gasteiger partial charge in [-0.25, -0.2) is 0 Å². The first-order valence-corrected chi connectivity index (χ1v) is 10.6. The standard InChI is InChI=1S/C24H33N3O/c1-20-18-22-19-24(28-2)9-8-21(22)10-11-26(20)15-12-25-13-16-27(17-14-25)23-6-4-3-5-7-23/h3-9,19-20H,10-18H2,1-2H3. The fourth-order valence-electron chi connectivity index (χ4n) is 4.57. The Morgan fingerprint density at radius 2 is 1.68 bits per heavy atom. The lowest BCUT2D eigenvalue weighted by atomic mass is 10.0. The molecule has 2 aliphatic rings. The SMILES string of the molecule is COc1ccc2c(c1)CC(C)N(CCN1CCN(c3ccccc3)CC1)CC2. The predicted octanol–water partition coefficient (Wildman–Crippen LogP) is 3.31. The second-order valence-corrected chi connectivity index (χ2v) is 8.14. The average molecular weight is 380 g/mol. The Labute approximate surface area is 169 Å². The van der Waals surface area contributed by atoms with Crippen LogP contribution in [0.15, 0.2) is 48.5 Å². The van der Waals surface area contributed by atoms with Gasteiger partial charge in [-0.1, -0.05) is 24.3 Å². The molecular weight excluding hydrogens is 346 g/mol. The molecule has 1 unspecified atom stereocenters. The number of ether oxygens (including phenoxy) is 1. The number of methoxy groups -OCH3 is 1. The zero-order valence-corrected chi connectivity index (χ0v) is 17.3. The van der Waals surface area contributed by atoms with Crippen molar-refractivity contribution in [1.82, 2.24) is 9.80 Å². The minimum absolute atomic E-state index is 0.582. The molecule has 2 aliphatic heterocycles. The molecule has 1 saturated heterocycles. The van der Waals surface area contributed by atoms with E-state index in [0.29, 0.717) is 6.04 Å². The highest BCUT2D eigenvalue weighted by molar-refractivity contribution is 5.46. The predicted molar refractivity (Wildman–Crippen MR) is 117 cm³/mol. The fourth-order valence-corrected chi connectivity index (χ4v) is 4.57. The van der Waals surface area contributed by atoms with Crippen LogP contribution in [0.1, 0.15) is 18.1 Å². The van der Waals surface area contributed by atoms with Crippen LogP contribution in [0, 0.1) is 0 Å². The summed E-state index contributed by atoms with van der Waals surface area (Å²) in [7, 11) is 1.76.